The molecule has 138 valence electrons. The standard InChI is InChI=1S/C22H23FN4/c1-16-6-5-7-18(17(16)2)20-14-24-15-22(25-20)27-12-10-26(11-13-27)21-9-4-3-8-19(21)23/h3-9,14-15H,10-13H2,1-2H3. The van der Waals surface area contributed by atoms with Gasteiger partial charge in [0.05, 0.1) is 23.8 Å². The number of aryl methyl sites for hydroxylation is 1. The molecule has 3 aromatic rings. The minimum absolute atomic E-state index is 0.164. The summed E-state index contributed by atoms with van der Waals surface area (Å²) in [4.78, 5) is 13.6. The average Bonchev–Trinajstić information content (AvgIpc) is 2.71. The molecule has 1 fully saturated rings. The quantitative estimate of drug-likeness (QED) is 0.698. The number of rotatable bonds is 3. The molecular weight excluding hydrogens is 339 g/mol. The second-order valence-corrected chi connectivity index (χ2v) is 6.94. The van der Waals surface area contributed by atoms with E-state index in [0.717, 1.165) is 43.3 Å². The number of anilines is 2. The first-order valence-electron chi connectivity index (χ1n) is 9.26. The third kappa shape index (κ3) is 3.50. The Morgan fingerprint density at radius 3 is 2.37 bits per heavy atom. The summed E-state index contributed by atoms with van der Waals surface area (Å²) in [5.41, 5.74) is 5.17. The lowest BCUT2D eigenvalue weighted by Gasteiger charge is -2.36. The van der Waals surface area contributed by atoms with Gasteiger partial charge in [0.15, 0.2) is 0 Å². The second kappa shape index (κ2) is 7.35. The Kier molecular flexibility index (Phi) is 4.75. The molecule has 1 aliphatic heterocycles. The Balaban J connectivity index is 1.52. The summed E-state index contributed by atoms with van der Waals surface area (Å²) in [7, 11) is 0. The van der Waals surface area contributed by atoms with Crippen LogP contribution in [0.3, 0.4) is 0 Å². The number of nitrogens with zero attached hydrogens (tertiary/aromatic N) is 4. The summed E-state index contributed by atoms with van der Waals surface area (Å²) in [5.74, 6) is 0.712. The molecule has 1 aliphatic rings. The predicted octanol–water partition coefficient (Wildman–Crippen LogP) is 4.23. The van der Waals surface area contributed by atoms with E-state index in [0.29, 0.717) is 5.69 Å². The largest absolute Gasteiger partial charge is 0.366 e. The molecule has 0 bridgehead atoms. The van der Waals surface area contributed by atoms with E-state index < -0.39 is 0 Å². The average molecular weight is 362 g/mol. The van der Waals surface area contributed by atoms with Gasteiger partial charge < -0.3 is 9.80 Å². The van der Waals surface area contributed by atoms with Crippen LogP contribution < -0.4 is 9.80 Å². The van der Waals surface area contributed by atoms with Crippen molar-refractivity contribution in [1.29, 1.82) is 0 Å². The van der Waals surface area contributed by atoms with Crippen molar-refractivity contribution in [3.63, 3.8) is 0 Å². The van der Waals surface area contributed by atoms with E-state index in [1.54, 1.807) is 6.07 Å². The maximum atomic E-state index is 14.0. The summed E-state index contributed by atoms with van der Waals surface area (Å²) in [5, 5.41) is 0. The Bertz CT molecular complexity index is 949. The van der Waals surface area contributed by atoms with Crippen LogP contribution in [0.15, 0.2) is 54.9 Å². The highest BCUT2D eigenvalue weighted by molar-refractivity contribution is 5.65. The van der Waals surface area contributed by atoms with Gasteiger partial charge in [-0.05, 0) is 37.1 Å². The monoisotopic (exact) mass is 362 g/mol. The Labute approximate surface area is 159 Å². The van der Waals surface area contributed by atoms with Crippen LogP contribution in [-0.2, 0) is 0 Å². The first kappa shape index (κ1) is 17.5. The highest BCUT2D eigenvalue weighted by Crippen LogP contribution is 2.26. The van der Waals surface area contributed by atoms with Gasteiger partial charge in [0, 0.05) is 31.7 Å². The summed E-state index contributed by atoms with van der Waals surface area (Å²) in [6.45, 7) is 7.33. The summed E-state index contributed by atoms with van der Waals surface area (Å²) < 4.78 is 14.0. The van der Waals surface area contributed by atoms with Crippen molar-refractivity contribution < 1.29 is 4.39 Å². The highest BCUT2D eigenvalue weighted by atomic mass is 19.1. The summed E-state index contributed by atoms with van der Waals surface area (Å²) in [6, 6.07) is 13.2. The van der Waals surface area contributed by atoms with Crippen molar-refractivity contribution in [3.8, 4) is 11.3 Å². The first-order valence-corrected chi connectivity index (χ1v) is 9.26. The molecule has 0 N–H and O–H groups in total. The van der Waals surface area contributed by atoms with E-state index in [4.69, 9.17) is 4.98 Å². The van der Waals surface area contributed by atoms with Gasteiger partial charge in [0.25, 0.3) is 0 Å². The van der Waals surface area contributed by atoms with Crippen LogP contribution in [0, 0.1) is 19.7 Å². The molecule has 0 unspecified atom stereocenters. The third-order valence-corrected chi connectivity index (χ3v) is 5.30. The van der Waals surface area contributed by atoms with Gasteiger partial charge in [-0.15, -0.1) is 0 Å². The van der Waals surface area contributed by atoms with Gasteiger partial charge >= 0.3 is 0 Å². The molecule has 0 aliphatic carbocycles. The molecule has 0 spiro atoms. The molecule has 2 heterocycles. The SMILES string of the molecule is Cc1cccc(-c2cncc(N3CCN(c4ccccc4F)CC3)n2)c1C. The zero-order chi connectivity index (χ0) is 18.8. The summed E-state index contributed by atoms with van der Waals surface area (Å²) >= 11 is 0. The maximum absolute atomic E-state index is 14.0. The molecule has 5 heteroatoms. The van der Waals surface area contributed by atoms with Crippen LogP contribution in [0.25, 0.3) is 11.3 Å². The molecule has 4 nitrogen and oxygen atoms in total. The van der Waals surface area contributed by atoms with E-state index in [1.165, 1.54) is 17.2 Å². The van der Waals surface area contributed by atoms with E-state index in [2.05, 4.69) is 46.8 Å². The van der Waals surface area contributed by atoms with Gasteiger partial charge in [0.1, 0.15) is 11.6 Å². The van der Waals surface area contributed by atoms with Gasteiger partial charge in [-0.2, -0.15) is 0 Å². The Hall–Kier alpha value is -2.95. The Morgan fingerprint density at radius 1 is 0.852 bits per heavy atom. The fraction of sp³-hybridized carbons (Fsp3) is 0.273. The van der Waals surface area contributed by atoms with Crippen LogP contribution >= 0.6 is 0 Å². The van der Waals surface area contributed by atoms with Crippen molar-refractivity contribution >= 4 is 11.5 Å². The van der Waals surface area contributed by atoms with Gasteiger partial charge in [0.2, 0.25) is 0 Å². The topological polar surface area (TPSA) is 32.3 Å². The molecule has 1 aromatic heterocycles. The number of aromatic nitrogens is 2. The van der Waals surface area contributed by atoms with Crippen molar-refractivity contribution in [1.82, 2.24) is 9.97 Å². The van der Waals surface area contributed by atoms with Crippen LogP contribution in [0.5, 0.6) is 0 Å². The van der Waals surface area contributed by atoms with Crippen LogP contribution in [-0.4, -0.2) is 36.1 Å². The first-order chi connectivity index (χ1) is 13.1. The van der Waals surface area contributed by atoms with Gasteiger partial charge in [-0.3, -0.25) is 4.98 Å². The maximum Gasteiger partial charge on any atom is 0.147 e. The van der Waals surface area contributed by atoms with E-state index in [-0.39, 0.29) is 5.82 Å². The molecular formula is C22H23FN4. The molecule has 2 aromatic carbocycles. The van der Waals surface area contributed by atoms with Crippen molar-refractivity contribution in [2.75, 3.05) is 36.0 Å². The number of benzene rings is 2. The van der Waals surface area contributed by atoms with Crippen LogP contribution in [0.1, 0.15) is 11.1 Å². The molecule has 4 rings (SSSR count). The Morgan fingerprint density at radius 2 is 1.59 bits per heavy atom. The number of hydrogen-bond donors (Lipinski definition) is 0. The third-order valence-electron chi connectivity index (χ3n) is 5.30. The zero-order valence-electron chi connectivity index (χ0n) is 15.7. The normalized spacial score (nSPS) is 14.5. The minimum atomic E-state index is -0.164. The lowest BCUT2D eigenvalue weighted by Crippen LogP contribution is -2.47. The smallest absolute Gasteiger partial charge is 0.147 e. The fourth-order valence-corrected chi connectivity index (χ4v) is 3.55. The predicted molar refractivity (Wildman–Crippen MR) is 108 cm³/mol. The summed E-state index contributed by atoms with van der Waals surface area (Å²) in [6.07, 6.45) is 3.63. The number of para-hydroxylation sites is 1. The highest BCUT2D eigenvalue weighted by Gasteiger charge is 2.21. The van der Waals surface area contributed by atoms with Gasteiger partial charge in [-0.25, -0.2) is 9.37 Å². The van der Waals surface area contributed by atoms with Crippen molar-refractivity contribution in [3.05, 3.63) is 71.8 Å². The van der Waals surface area contributed by atoms with Crippen LogP contribution in [0.4, 0.5) is 15.9 Å². The molecule has 1 saturated heterocycles. The molecule has 0 saturated carbocycles. The number of halogens is 1. The van der Waals surface area contributed by atoms with E-state index in [1.807, 2.05) is 24.5 Å². The lowest BCUT2D eigenvalue weighted by atomic mass is 10.0. The van der Waals surface area contributed by atoms with E-state index >= 15 is 0 Å². The van der Waals surface area contributed by atoms with Crippen LogP contribution in [0.2, 0.25) is 0 Å². The number of piperazine rings is 1. The van der Waals surface area contributed by atoms with Gasteiger partial charge in [-0.1, -0.05) is 30.3 Å². The fourth-order valence-electron chi connectivity index (χ4n) is 3.55. The molecule has 0 amide bonds. The molecule has 27 heavy (non-hydrogen) atoms. The zero-order valence-corrected chi connectivity index (χ0v) is 15.7. The molecule has 0 atom stereocenters. The van der Waals surface area contributed by atoms with Crippen molar-refractivity contribution in [2.24, 2.45) is 0 Å². The number of hydrogen-bond acceptors (Lipinski definition) is 4. The molecule has 0 radical (unpaired) electrons. The minimum Gasteiger partial charge on any atom is -0.366 e. The van der Waals surface area contributed by atoms with E-state index in [9.17, 15) is 4.39 Å². The lowest BCUT2D eigenvalue weighted by molar-refractivity contribution is 0.596. The van der Waals surface area contributed by atoms with Crippen molar-refractivity contribution in [2.45, 2.75) is 13.8 Å². The second-order valence-electron chi connectivity index (χ2n) is 6.94.